The molecule has 4 heteroatoms. The van der Waals surface area contributed by atoms with Gasteiger partial charge in [-0.3, -0.25) is 4.79 Å². The van der Waals surface area contributed by atoms with E-state index in [1.165, 1.54) is 12.8 Å². The molecule has 4 nitrogen and oxygen atoms in total. The lowest BCUT2D eigenvalue weighted by molar-refractivity contribution is -0.121. The summed E-state index contributed by atoms with van der Waals surface area (Å²) in [5.41, 5.74) is 0. The quantitative estimate of drug-likeness (QED) is 0.749. The van der Waals surface area contributed by atoms with Crippen LogP contribution in [0.4, 0.5) is 0 Å². The Morgan fingerprint density at radius 1 is 1.31 bits per heavy atom. The van der Waals surface area contributed by atoms with Crippen molar-refractivity contribution >= 4 is 5.91 Å². The molecule has 2 saturated heterocycles. The Bertz CT molecular complexity index is 227. The van der Waals surface area contributed by atoms with Gasteiger partial charge in [0.15, 0.2) is 0 Å². The molecule has 2 aliphatic rings. The van der Waals surface area contributed by atoms with E-state index in [-0.39, 0.29) is 5.91 Å². The SMILES string of the molecule is O=C1CC(NCC2CCCCO2)CCCN1. The van der Waals surface area contributed by atoms with E-state index in [1.54, 1.807) is 0 Å². The largest absolute Gasteiger partial charge is 0.377 e. The second-order valence-corrected chi connectivity index (χ2v) is 4.79. The molecule has 2 aliphatic heterocycles. The van der Waals surface area contributed by atoms with E-state index in [1.807, 2.05) is 0 Å². The van der Waals surface area contributed by atoms with Crippen LogP contribution in [-0.4, -0.2) is 37.7 Å². The first-order valence-electron chi connectivity index (χ1n) is 6.46. The van der Waals surface area contributed by atoms with Gasteiger partial charge in [-0.1, -0.05) is 0 Å². The zero-order valence-electron chi connectivity index (χ0n) is 9.84. The van der Waals surface area contributed by atoms with Gasteiger partial charge in [-0.25, -0.2) is 0 Å². The van der Waals surface area contributed by atoms with E-state index in [0.717, 1.165) is 39.0 Å². The average molecular weight is 226 g/mol. The Labute approximate surface area is 97.1 Å². The van der Waals surface area contributed by atoms with Crippen molar-refractivity contribution in [3.63, 3.8) is 0 Å². The molecule has 2 N–H and O–H groups in total. The summed E-state index contributed by atoms with van der Waals surface area (Å²) in [6, 6.07) is 0.341. The van der Waals surface area contributed by atoms with E-state index < -0.39 is 0 Å². The summed E-state index contributed by atoms with van der Waals surface area (Å²) in [4.78, 5) is 11.4. The predicted molar refractivity (Wildman–Crippen MR) is 62.2 cm³/mol. The second kappa shape index (κ2) is 6.21. The summed E-state index contributed by atoms with van der Waals surface area (Å²) in [5, 5.41) is 6.38. The Morgan fingerprint density at radius 3 is 3.06 bits per heavy atom. The first-order chi connectivity index (χ1) is 7.84. The molecule has 2 atom stereocenters. The molecule has 0 radical (unpaired) electrons. The van der Waals surface area contributed by atoms with Gasteiger partial charge in [0, 0.05) is 32.2 Å². The fraction of sp³-hybridized carbons (Fsp3) is 0.917. The summed E-state index contributed by atoms with van der Waals surface area (Å²) in [7, 11) is 0. The maximum atomic E-state index is 11.4. The van der Waals surface area contributed by atoms with Gasteiger partial charge in [-0.05, 0) is 32.1 Å². The van der Waals surface area contributed by atoms with Crippen molar-refractivity contribution in [2.75, 3.05) is 19.7 Å². The molecule has 92 valence electrons. The van der Waals surface area contributed by atoms with E-state index in [4.69, 9.17) is 4.74 Å². The van der Waals surface area contributed by atoms with Crippen LogP contribution in [0.3, 0.4) is 0 Å². The smallest absolute Gasteiger partial charge is 0.221 e. The van der Waals surface area contributed by atoms with Crippen LogP contribution in [0, 0.1) is 0 Å². The average Bonchev–Trinajstić information content (AvgIpc) is 2.52. The predicted octanol–water partition coefficient (Wildman–Crippen LogP) is 0.814. The van der Waals surface area contributed by atoms with Crippen molar-refractivity contribution in [2.45, 2.75) is 50.7 Å². The van der Waals surface area contributed by atoms with Crippen LogP contribution < -0.4 is 10.6 Å². The molecule has 2 unspecified atom stereocenters. The summed E-state index contributed by atoms with van der Waals surface area (Å²) < 4.78 is 5.66. The number of carbonyl (C=O) groups is 1. The van der Waals surface area contributed by atoms with Gasteiger partial charge in [-0.15, -0.1) is 0 Å². The third-order valence-corrected chi connectivity index (χ3v) is 3.39. The third kappa shape index (κ3) is 3.76. The highest BCUT2D eigenvalue weighted by molar-refractivity contribution is 5.76. The Kier molecular flexibility index (Phi) is 4.60. The molecule has 2 rings (SSSR count). The van der Waals surface area contributed by atoms with Crippen LogP contribution in [-0.2, 0) is 9.53 Å². The first-order valence-corrected chi connectivity index (χ1v) is 6.46. The second-order valence-electron chi connectivity index (χ2n) is 4.79. The highest BCUT2D eigenvalue weighted by Gasteiger charge is 2.19. The van der Waals surface area contributed by atoms with Gasteiger partial charge in [0.05, 0.1) is 6.10 Å². The van der Waals surface area contributed by atoms with Crippen molar-refractivity contribution in [3.8, 4) is 0 Å². The first kappa shape index (κ1) is 11.9. The highest BCUT2D eigenvalue weighted by atomic mass is 16.5. The van der Waals surface area contributed by atoms with Gasteiger partial charge in [0.25, 0.3) is 0 Å². The molecule has 0 aromatic heterocycles. The molecule has 0 aromatic rings. The molecule has 0 aliphatic carbocycles. The molecule has 0 saturated carbocycles. The van der Waals surface area contributed by atoms with E-state index in [0.29, 0.717) is 18.6 Å². The molecule has 2 heterocycles. The van der Waals surface area contributed by atoms with E-state index in [9.17, 15) is 4.79 Å². The summed E-state index contributed by atoms with van der Waals surface area (Å²) in [6.45, 7) is 2.63. The molecular weight excluding hydrogens is 204 g/mol. The van der Waals surface area contributed by atoms with Crippen molar-refractivity contribution in [2.24, 2.45) is 0 Å². The fourth-order valence-corrected chi connectivity index (χ4v) is 2.42. The lowest BCUT2D eigenvalue weighted by atomic mass is 10.1. The number of hydrogen-bond donors (Lipinski definition) is 2. The Balaban J connectivity index is 1.69. The number of ether oxygens (including phenoxy) is 1. The van der Waals surface area contributed by atoms with E-state index >= 15 is 0 Å². The van der Waals surface area contributed by atoms with Gasteiger partial charge >= 0.3 is 0 Å². The summed E-state index contributed by atoms with van der Waals surface area (Å²) >= 11 is 0. The van der Waals surface area contributed by atoms with Crippen LogP contribution >= 0.6 is 0 Å². The number of hydrogen-bond acceptors (Lipinski definition) is 3. The molecule has 0 aromatic carbocycles. The molecular formula is C12H22N2O2. The number of nitrogens with one attached hydrogen (secondary N) is 2. The van der Waals surface area contributed by atoms with Crippen molar-refractivity contribution in [3.05, 3.63) is 0 Å². The minimum Gasteiger partial charge on any atom is -0.377 e. The topological polar surface area (TPSA) is 50.4 Å². The maximum Gasteiger partial charge on any atom is 0.221 e. The van der Waals surface area contributed by atoms with Crippen LogP contribution in [0.15, 0.2) is 0 Å². The third-order valence-electron chi connectivity index (χ3n) is 3.39. The minimum absolute atomic E-state index is 0.180. The monoisotopic (exact) mass is 226 g/mol. The van der Waals surface area contributed by atoms with E-state index in [2.05, 4.69) is 10.6 Å². The number of amides is 1. The van der Waals surface area contributed by atoms with Crippen molar-refractivity contribution in [1.29, 1.82) is 0 Å². The lowest BCUT2D eigenvalue weighted by Crippen LogP contribution is -2.39. The van der Waals surface area contributed by atoms with Gasteiger partial charge < -0.3 is 15.4 Å². The molecule has 0 spiro atoms. The molecule has 1 amide bonds. The normalized spacial score (nSPS) is 31.9. The van der Waals surface area contributed by atoms with Crippen LogP contribution in [0.5, 0.6) is 0 Å². The van der Waals surface area contributed by atoms with Gasteiger partial charge in [-0.2, -0.15) is 0 Å². The highest BCUT2D eigenvalue weighted by Crippen LogP contribution is 2.13. The Hall–Kier alpha value is -0.610. The van der Waals surface area contributed by atoms with Crippen LogP contribution in [0.1, 0.15) is 38.5 Å². The maximum absolute atomic E-state index is 11.4. The lowest BCUT2D eigenvalue weighted by Gasteiger charge is -2.25. The summed E-state index contributed by atoms with van der Waals surface area (Å²) in [6.07, 6.45) is 6.78. The molecule has 16 heavy (non-hydrogen) atoms. The van der Waals surface area contributed by atoms with Crippen LogP contribution in [0.2, 0.25) is 0 Å². The van der Waals surface area contributed by atoms with Crippen LogP contribution in [0.25, 0.3) is 0 Å². The molecule has 2 fully saturated rings. The molecule has 0 bridgehead atoms. The van der Waals surface area contributed by atoms with Gasteiger partial charge in [0.2, 0.25) is 5.91 Å². The zero-order valence-corrected chi connectivity index (χ0v) is 9.84. The number of carbonyl (C=O) groups excluding carboxylic acids is 1. The Morgan fingerprint density at radius 2 is 2.25 bits per heavy atom. The van der Waals surface area contributed by atoms with Crippen molar-refractivity contribution in [1.82, 2.24) is 10.6 Å². The standard InChI is InChI=1S/C12H22N2O2/c15-12-8-10(4-3-6-13-12)14-9-11-5-1-2-7-16-11/h10-11,14H,1-9H2,(H,13,15). The number of rotatable bonds is 3. The summed E-state index contributed by atoms with van der Waals surface area (Å²) in [5.74, 6) is 0.180. The van der Waals surface area contributed by atoms with Gasteiger partial charge in [0.1, 0.15) is 0 Å². The zero-order chi connectivity index (χ0) is 11.2. The van der Waals surface area contributed by atoms with Crippen molar-refractivity contribution < 1.29 is 9.53 Å². The fourth-order valence-electron chi connectivity index (χ4n) is 2.42. The minimum atomic E-state index is 0.180.